The minimum atomic E-state index is -0.289. The Bertz CT molecular complexity index is 1140. The van der Waals surface area contributed by atoms with Gasteiger partial charge in [-0.3, -0.25) is 14.9 Å². The maximum Gasteiger partial charge on any atom is 0.257 e. The molecular formula is C22H19N3O4S. The number of fused-ring (bicyclic) bond motifs is 2. The van der Waals surface area contributed by atoms with E-state index in [1.54, 1.807) is 23.6 Å². The third-order valence-corrected chi connectivity index (χ3v) is 6.02. The summed E-state index contributed by atoms with van der Waals surface area (Å²) in [5, 5.41) is 5.04. The molecule has 30 heavy (non-hydrogen) atoms. The number of ether oxygens (including phenoxy) is 2. The molecule has 2 aliphatic heterocycles. The smallest absolute Gasteiger partial charge is 0.257 e. The third-order valence-electron chi connectivity index (χ3n) is 5.22. The van der Waals surface area contributed by atoms with Crippen molar-refractivity contribution >= 4 is 34.0 Å². The first-order chi connectivity index (χ1) is 14.6. The van der Waals surface area contributed by atoms with E-state index in [0.717, 1.165) is 12.1 Å². The molecule has 0 spiro atoms. The van der Waals surface area contributed by atoms with Crippen molar-refractivity contribution < 1.29 is 19.1 Å². The highest BCUT2D eigenvalue weighted by Crippen LogP contribution is 2.34. The molecule has 1 atom stereocenters. The van der Waals surface area contributed by atoms with Crippen LogP contribution in [0.1, 0.15) is 28.5 Å². The Morgan fingerprint density at radius 1 is 1.20 bits per heavy atom. The van der Waals surface area contributed by atoms with E-state index in [-0.39, 0.29) is 31.1 Å². The van der Waals surface area contributed by atoms with Crippen molar-refractivity contribution in [2.75, 3.05) is 17.0 Å². The molecular weight excluding hydrogens is 402 g/mol. The van der Waals surface area contributed by atoms with Crippen LogP contribution in [0.5, 0.6) is 11.5 Å². The summed E-state index contributed by atoms with van der Waals surface area (Å²) >= 11 is 1.30. The fraction of sp³-hybridized carbons (Fsp3) is 0.227. The van der Waals surface area contributed by atoms with Crippen LogP contribution in [0.2, 0.25) is 0 Å². The molecule has 0 saturated carbocycles. The van der Waals surface area contributed by atoms with Crippen LogP contribution in [0.4, 0.5) is 10.8 Å². The summed E-state index contributed by atoms with van der Waals surface area (Å²) in [5.41, 5.74) is 3.26. The van der Waals surface area contributed by atoms with Gasteiger partial charge in [0.15, 0.2) is 16.6 Å². The van der Waals surface area contributed by atoms with Crippen molar-refractivity contribution in [2.24, 2.45) is 0 Å². The number of rotatable bonds is 4. The van der Waals surface area contributed by atoms with Crippen molar-refractivity contribution in [2.45, 2.75) is 25.8 Å². The van der Waals surface area contributed by atoms with E-state index >= 15 is 0 Å². The Labute approximate surface area is 177 Å². The second-order valence-electron chi connectivity index (χ2n) is 7.29. The zero-order valence-corrected chi connectivity index (χ0v) is 17.1. The Balaban J connectivity index is 1.26. The van der Waals surface area contributed by atoms with Gasteiger partial charge in [0.1, 0.15) is 0 Å². The molecule has 2 aromatic carbocycles. The number of para-hydroxylation sites is 1. The Morgan fingerprint density at radius 2 is 2.03 bits per heavy atom. The molecule has 2 aliphatic rings. The number of anilines is 2. The number of benzene rings is 2. The van der Waals surface area contributed by atoms with Gasteiger partial charge in [0.2, 0.25) is 12.7 Å². The van der Waals surface area contributed by atoms with E-state index in [1.807, 2.05) is 23.1 Å². The summed E-state index contributed by atoms with van der Waals surface area (Å²) in [6.45, 7) is 2.21. The minimum Gasteiger partial charge on any atom is -0.454 e. The van der Waals surface area contributed by atoms with Gasteiger partial charge in [-0.15, -0.1) is 11.3 Å². The zero-order chi connectivity index (χ0) is 20.7. The molecule has 0 fully saturated rings. The first-order valence-corrected chi connectivity index (χ1v) is 10.5. The molecule has 3 heterocycles. The number of thiazole rings is 1. The predicted octanol–water partition coefficient (Wildman–Crippen LogP) is 3.64. The summed E-state index contributed by atoms with van der Waals surface area (Å²) in [7, 11) is 0. The van der Waals surface area contributed by atoms with Crippen molar-refractivity contribution in [1.82, 2.24) is 4.98 Å². The van der Waals surface area contributed by atoms with E-state index in [9.17, 15) is 9.59 Å². The van der Waals surface area contributed by atoms with Crippen molar-refractivity contribution in [3.63, 3.8) is 0 Å². The summed E-state index contributed by atoms with van der Waals surface area (Å²) < 4.78 is 10.6. The van der Waals surface area contributed by atoms with Crippen molar-refractivity contribution in [3.05, 3.63) is 64.7 Å². The SMILES string of the molecule is CC1Cc2ccccc2N1C(=O)Cc1csc(NC(=O)c2ccc3c(c2)OCO3)n1. The van der Waals surface area contributed by atoms with Crippen LogP contribution in [0.3, 0.4) is 0 Å². The minimum absolute atomic E-state index is 0.00592. The second kappa shape index (κ2) is 7.46. The Kier molecular flexibility index (Phi) is 4.63. The molecule has 3 aromatic rings. The molecule has 0 saturated heterocycles. The number of carbonyl (C=O) groups is 2. The third kappa shape index (κ3) is 3.39. The molecule has 1 N–H and O–H groups in total. The van der Waals surface area contributed by atoms with Gasteiger partial charge in [-0.2, -0.15) is 0 Å². The number of hydrogen-bond acceptors (Lipinski definition) is 6. The summed E-state index contributed by atoms with van der Waals surface area (Å²) in [6, 6.07) is 13.1. The maximum atomic E-state index is 12.9. The molecule has 0 aliphatic carbocycles. The van der Waals surface area contributed by atoms with Crippen LogP contribution < -0.4 is 19.7 Å². The monoisotopic (exact) mass is 421 g/mol. The van der Waals surface area contributed by atoms with Crippen LogP contribution in [0, 0.1) is 0 Å². The van der Waals surface area contributed by atoms with E-state index < -0.39 is 0 Å². The number of hydrogen-bond donors (Lipinski definition) is 1. The van der Waals surface area contributed by atoms with Crippen LogP contribution in [-0.4, -0.2) is 29.6 Å². The fourth-order valence-electron chi connectivity index (χ4n) is 3.84. The van der Waals surface area contributed by atoms with Gasteiger partial charge < -0.3 is 14.4 Å². The Morgan fingerprint density at radius 3 is 2.93 bits per heavy atom. The highest BCUT2D eigenvalue weighted by molar-refractivity contribution is 7.14. The van der Waals surface area contributed by atoms with Crippen LogP contribution in [0.25, 0.3) is 0 Å². The van der Waals surface area contributed by atoms with Gasteiger partial charge >= 0.3 is 0 Å². The van der Waals surface area contributed by atoms with E-state index in [4.69, 9.17) is 9.47 Å². The largest absolute Gasteiger partial charge is 0.454 e. The quantitative estimate of drug-likeness (QED) is 0.696. The van der Waals surface area contributed by atoms with Crippen LogP contribution in [-0.2, 0) is 17.6 Å². The van der Waals surface area contributed by atoms with E-state index in [1.165, 1.54) is 16.9 Å². The summed E-state index contributed by atoms with van der Waals surface area (Å²) in [4.78, 5) is 31.7. The lowest BCUT2D eigenvalue weighted by Gasteiger charge is -2.22. The number of aromatic nitrogens is 1. The molecule has 2 amide bonds. The number of amides is 2. The molecule has 1 unspecified atom stereocenters. The van der Waals surface area contributed by atoms with Gasteiger partial charge in [-0.05, 0) is 43.2 Å². The highest BCUT2D eigenvalue weighted by Gasteiger charge is 2.30. The van der Waals surface area contributed by atoms with Crippen LogP contribution in [0.15, 0.2) is 47.8 Å². The predicted molar refractivity (Wildman–Crippen MR) is 113 cm³/mol. The molecule has 7 nitrogen and oxygen atoms in total. The average Bonchev–Trinajstić information content (AvgIpc) is 3.44. The standard InChI is InChI=1S/C22H19N3O4S/c1-13-8-14-4-2-3-5-17(14)25(13)20(26)10-16-11-30-22(23-16)24-21(27)15-6-7-18-19(9-15)29-12-28-18/h2-7,9,11,13H,8,10,12H2,1H3,(H,23,24,27). The maximum absolute atomic E-state index is 12.9. The van der Waals surface area contributed by atoms with E-state index in [0.29, 0.717) is 27.9 Å². The normalized spacial score (nSPS) is 16.4. The second-order valence-corrected chi connectivity index (χ2v) is 8.15. The zero-order valence-electron chi connectivity index (χ0n) is 16.3. The van der Waals surface area contributed by atoms with Crippen molar-refractivity contribution in [3.8, 4) is 11.5 Å². The van der Waals surface area contributed by atoms with Gasteiger partial charge in [0.25, 0.3) is 5.91 Å². The summed E-state index contributed by atoms with van der Waals surface area (Å²) in [6.07, 6.45) is 1.05. The van der Waals surface area contributed by atoms with Crippen molar-refractivity contribution in [1.29, 1.82) is 0 Å². The molecule has 8 heteroatoms. The first kappa shape index (κ1) is 18.6. The molecule has 5 rings (SSSR count). The van der Waals surface area contributed by atoms with Crippen LogP contribution >= 0.6 is 11.3 Å². The first-order valence-electron chi connectivity index (χ1n) is 9.64. The molecule has 0 bridgehead atoms. The van der Waals surface area contributed by atoms with E-state index in [2.05, 4.69) is 23.3 Å². The number of carbonyl (C=O) groups excluding carboxylic acids is 2. The summed E-state index contributed by atoms with van der Waals surface area (Å²) in [5.74, 6) is 0.890. The van der Waals surface area contributed by atoms with Gasteiger partial charge in [0, 0.05) is 22.7 Å². The lowest BCUT2D eigenvalue weighted by Crippen LogP contribution is -2.36. The van der Waals surface area contributed by atoms with Gasteiger partial charge in [-0.25, -0.2) is 4.98 Å². The number of nitrogens with one attached hydrogen (secondary N) is 1. The highest BCUT2D eigenvalue weighted by atomic mass is 32.1. The molecule has 0 radical (unpaired) electrons. The van der Waals surface area contributed by atoms with Gasteiger partial charge in [0.05, 0.1) is 12.1 Å². The lowest BCUT2D eigenvalue weighted by atomic mass is 10.1. The molecule has 152 valence electrons. The number of nitrogens with zero attached hydrogens (tertiary/aromatic N) is 2. The lowest BCUT2D eigenvalue weighted by molar-refractivity contribution is -0.118. The molecule has 1 aromatic heterocycles. The van der Waals surface area contributed by atoms with Gasteiger partial charge in [-0.1, -0.05) is 18.2 Å². The topological polar surface area (TPSA) is 80.8 Å². The fourth-order valence-corrected chi connectivity index (χ4v) is 4.54. The Hall–Kier alpha value is -3.39. The average molecular weight is 421 g/mol.